The molecule has 2 rings (SSSR count). The minimum absolute atomic E-state index is 0.0699. The molecule has 5 nitrogen and oxygen atoms in total. The number of sulfonamides is 1. The van der Waals surface area contributed by atoms with E-state index in [1.54, 1.807) is 6.07 Å². The number of halogens is 1. The molecule has 2 N–H and O–H groups in total. The number of rotatable bonds is 3. The Morgan fingerprint density at radius 2 is 1.53 bits per heavy atom. The highest BCUT2D eigenvalue weighted by Gasteiger charge is 2.24. The summed E-state index contributed by atoms with van der Waals surface area (Å²) in [5.74, 6) is 0. The standard InChI is InChI=1S/C10H8ClNO4S3/c11-7-3-1-2-4-8(7)18(13,14)9-5-6-10(17-9)19(12,15)16/h1-6H,(H2,12,15,16). The van der Waals surface area contributed by atoms with Gasteiger partial charge in [0.2, 0.25) is 19.9 Å². The van der Waals surface area contributed by atoms with Gasteiger partial charge in [0, 0.05) is 0 Å². The van der Waals surface area contributed by atoms with Crippen molar-refractivity contribution >= 4 is 42.8 Å². The fourth-order valence-corrected chi connectivity index (χ4v) is 5.46. The Balaban J connectivity index is 2.59. The summed E-state index contributed by atoms with van der Waals surface area (Å²) in [6.45, 7) is 0. The van der Waals surface area contributed by atoms with Crippen molar-refractivity contribution < 1.29 is 16.8 Å². The van der Waals surface area contributed by atoms with Crippen molar-refractivity contribution in [3.8, 4) is 0 Å². The molecule has 0 unspecified atom stereocenters. The van der Waals surface area contributed by atoms with Gasteiger partial charge in [-0.25, -0.2) is 22.0 Å². The average Bonchev–Trinajstić information content (AvgIpc) is 2.78. The van der Waals surface area contributed by atoms with Crippen LogP contribution in [0.4, 0.5) is 0 Å². The Kier molecular flexibility index (Phi) is 3.72. The van der Waals surface area contributed by atoms with Gasteiger partial charge < -0.3 is 0 Å². The molecule has 0 amide bonds. The highest BCUT2D eigenvalue weighted by atomic mass is 35.5. The van der Waals surface area contributed by atoms with E-state index in [1.165, 1.54) is 24.3 Å². The Labute approximate surface area is 119 Å². The zero-order valence-electron chi connectivity index (χ0n) is 9.28. The van der Waals surface area contributed by atoms with Crippen molar-refractivity contribution in [1.82, 2.24) is 0 Å². The van der Waals surface area contributed by atoms with E-state index in [9.17, 15) is 16.8 Å². The second kappa shape index (κ2) is 4.88. The second-order valence-electron chi connectivity index (χ2n) is 3.55. The average molecular weight is 338 g/mol. The summed E-state index contributed by atoms with van der Waals surface area (Å²) in [5.41, 5.74) is 0. The Morgan fingerprint density at radius 1 is 0.947 bits per heavy atom. The molecule has 1 aromatic carbocycles. The zero-order chi connectivity index (χ0) is 14.3. The minimum atomic E-state index is -3.91. The summed E-state index contributed by atoms with van der Waals surface area (Å²) >= 11 is 6.43. The van der Waals surface area contributed by atoms with Gasteiger partial charge in [0.25, 0.3) is 0 Å². The lowest BCUT2D eigenvalue weighted by molar-refractivity contribution is 0.597. The molecule has 102 valence electrons. The van der Waals surface area contributed by atoms with Crippen LogP contribution >= 0.6 is 22.9 Å². The van der Waals surface area contributed by atoms with Crippen LogP contribution in [0.25, 0.3) is 0 Å². The van der Waals surface area contributed by atoms with E-state index in [0.29, 0.717) is 11.3 Å². The maximum Gasteiger partial charge on any atom is 0.247 e. The molecule has 0 aliphatic carbocycles. The van der Waals surface area contributed by atoms with E-state index >= 15 is 0 Å². The predicted octanol–water partition coefficient (Wildman–Crippen LogP) is 1.88. The molecule has 9 heteroatoms. The molecule has 0 fully saturated rings. The fraction of sp³-hybridized carbons (Fsp3) is 0. The van der Waals surface area contributed by atoms with Crippen LogP contribution in [-0.4, -0.2) is 16.8 Å². The van der Waals surface area contributed by atoms with Crippen molar-refractivity contribution in [2.24, 2.45) is 5.14 Å². The summed E-state index contributed by atoms with van der Waals surface area (Å²) in [6, 6.07) is 8.29. The predicted molar refractivity (Wildman–Crippen MR) is 72.6 cm³/mol. The molecule has 0 radical (unpaired) electrons. The molecule has 0 saturated heterocycles. The van der Waals surface area contributed by atoms with E-state index in [0.717, 1.165) is 6.07 Å². The number of sulfone groups is 1. The molecular formula is C10H8ClNO4S3. The van der Waals surface area contributed by atoms with E-state index in [4.69, 9.17) is 16.7 Å². The quantitative estimate of drug-likeness (QED) is 0.925. The number of benzene rings is 1. The molecular weight excluding hydrogens is 330 g/mol. The molecule has 1 heterocycles. The highest BCUT2D eigenvalue weighted by Crippen LogP contribution is 2.32. The number of hydrogen-bond donors (Lipinski definition) is 1. The third-order valence-corrected chi connectivity index (χ3v) is 7.50. The van der Waals surface area contributed by atoms with Gasteiger partial charge in [0.1, 0.15) is 8.42 Å². The summed E-state index contributed by atoms with van der Waals surface area (Å²) in [6.07, 6.45) is 0. The van der Waals surface area contributed by atoms with Crippen LogP contribution in [0.15, 0.2) is 49.7 Å². The third-order valence-electron chi connectivity index (χ3n) is 2.23. The summed E-state index contributed by atoms with van der Waals surface area (Å²) in [7, 11) is -7.76. The van der Waals surface area contributed by atoms with Gasteiger partial charge in [-0.1, -0.05) is 23.7 Å². The summed E-state index contributed by atoms with van der Waals surface area (Å²) in [5, 5.41) is 5.02. The van der Waals surface area contributed by atoms with Gasteiger partial charge in [0.05, 0.1) is 9.92 Å². The van der Waals surface area contributed by atoms with E-state index in [2.05, 4.69) is 0 Å². The molecule has 0 aliphatic heterocycles. The fourth-order valence-electron chi connectivity index (χ4n) is 1.37. The van der Waals surface area contributed by atoms with Crippen molar-refractivity contribution in [3.05, 3.63) is 41.4 Å². The first kappa shape index (κ1) is 14.5. The van der Waals surface area contributed by atoms with Gasteiger partial charge in [-0.3, -0.25) is 0 Å². The summed E-state index contributed by atoms with van der Waals surface area (Å²) < 4.78 is 46.5. The first-order valence-electron chi connectivity index (χ1n) is 4.85. The van der Waals surface area contributed by atoms with Crippen molar-refractivity contribution in [2.45, 2.75) is 13.3 Å². The lowest BCUT2D eigenvalue weighted by Crippen LogP contribution is -2.09. The Hall–Kier alpha value is -0.930. The minimum Gasteiger partial charge on any atom is -0.224 e. The molecule has 0 saturated carbocycles. The SMILES string of the molecule is NS(=O)(=O)c1ccc(S(=O)(=O)c2ccccc2Cl)s1. The van der Waals surface area contributed by atoms with Gasteiger partial charge in [-0.05, 0) is 24.3 Å². The first-order chi connectivity index (χ1) is 8.73. The number of hydrogen-bond acceptors (Lipinski definition) is 5. The van der Waals surface area contributed by atoms with Crippen LogP contribution in [0.3, 0.4) is 0 Å². The van der Waals surface area contributed by atoms with Gasteiger partial charge in [-0.15, -0.1) is 11.3 Å². The van der Waals surface area contributed by atoms with Gasteiger partial charge in [-0.2, -0.15) is 0 Å². The summed E-state index contributed by atoms with van der Waals surface area (Å²) in [4.78, 5) is -0.0699. The molecule has 0 atom stereocenters. The van der Waals surface area contributed by atoms with Crippen LogP contribution in [0, 0.1) is 0 Å². The largest absolute Gasteiger partial charge is 0.247 e. The lowest BCUT2D eigenvalue weighted by atomic mass is 10.4. The lowest BCUT2D eigenvalue weighted by Gasteiger charge is -2.03. The number of primary sulfonamides is 1. The molecule has 1 aromatic heterocycles. The molecule has 19 heavy (non-hydrogen) atoms. The maximum atomic E-state index is 12.3. The first-order valence-corrected chi connectivity index (χ1v) is 9.07. The van der Waals surface area contributed by atoms with E-state index in [1.807, 2.05) is 0 Å². The van der Waals surface area contributed by atoms with E-state index in [-0.39, 0.29) is 18.3 Å². The Bertz CT molecular complexity index is 824. The maximum absolute atomic E-state index is 12.3. The molecule has 0 bridgehead atoms. The monoisotopic (exact) mass is 337 g/mol. The van der Waals surface area contributed by atoms with Crippen molar-refractivity contribution in [1.29, 1.82) is 0 Å². The smallest absolute Gasteiger partial charge is 0.224 e. The van der Waals surface area contributed by atoms with Crippen LogP contribution in [-0.2, 0) is 19.9 Å². The van der Waals surface area contributed by atoms with Crippen molar-refractivity contribution in [3.63, 3.8) is 0 Å². The second-order valence-corrected chi connectivity index (χ2v) is 8.98. The number of nitrogens with two attached hydrogens (primary N) is 1. The van der Waals surface area contributed by atoms with Gasteiger partial charge >= 0.3 is 0 Å². The van der Waals surface area contributed by atoms with Gasteiger partial charge in [0.15, 0.2) is 0 Å². The number of thiophene rings is 1. The topological polar surface area (TPSA) is 94.3 Å². The molecule has 0 spiro atoms. The normalized spacial score (nSPS) is 12.5. The van der Waals surface area contributed by atoms with Crippen molar-refractivity contribution in [2.75, 3.05) is 0 Å². The van der Waals surface area contributed by atoms with Crippen LogP contribution in [0.2, 0.25) is 5.02 Å². The van der Waals surface area contributed by atoms with E-state index < -0.39 is 19.9 Å². The Morgan fingerprint density at radius 3 is 2.05 bits per heavy atom. The molecule has 0 aliphatic rings. The highest BCUT2D eigenvalue weighted by molar-refractivity contribution is 7.95. The van der Waals surface area contributed by atoms with Crippen LogP contribution < -0.4 is 5.14 Å². The van der Waals surface area contributed by atoms with Crippen LogP contribution in [0.1, 0.15) is 0 Å². The third kappa shape index (κ3) is 2.82. The zero-order valence-corrected chi connectivity index (χ0v) is 12.5. The molecule has 2 aromatic rings. The van der Waals surface area contributed by atoms with Crippen LogP contribution in [0.5, 0.6) is 0 Å².